The number of nitrogens with zero attached hydrogens (tertiary/aromatic N) is 4. The van der Waals surface area contributed by atoms with Crippen LogP contribution in [-0.4, -0.2) is 37.8 Å². The van der Waals surface area contributed by atoms with Crippen molar-refractivity contribution in [3.63, 3.8) is 0 Å². The van der Waals surface area contributed by atoms with Gasteiger partial charge in [0.25, 0.3) is 11.5 Å². The molecular formula is C18H18N4O2S. The van der Waals surface area contributed by atoms with Crippen molar-refractivity contribution < 1.29 is 4.79 Å². The Morgan fingerprint density at radius 3 is 2.80 bits per heavy atom. The Hall–Kier alpha value is -2.67. The van der Waals surface area contributed by atoms with Crippen LogP contribution in [0, 0.1) is 0 Å². The molecule has 0 spiro atoms. The molecule has 0 unspecified atom stereocenters. The number of allylic oxidation sites excluding steroid dienone is 1. The predicted octanol–water partition coefficient (Wildman–Crippen LogP) is 2.65. The number of imidazole rings is 1. The smallest absolute Gasteiger partial charge is 0.295 e. The van der Waals surface area contributed by atoms with Crippen molar-refractivity contribution in [2.45, 2.75) is 19.4 Å². The van der Waals surface area contributed by atoms with E-state index in [9.17, 15) is 9.59 Å². The summed E-state index contributed by atoms with van der Waals surface area (Å²) < 4.78 is 3.31. The van der Waals surface area contributed by atoms with E-state index in [2.05, 4.69) is 11.6 Å². The molecule has 3 aromatic rings. The number of carbonyl (C=O) groups is 1. The van der Waals surface area contributed by atoms with Crippen molar-refractivity contribution >= 4 is 22.9 Å². The molecule has 1 amide bonds. The minimum absolute atomic E-state index is 0.103. The van der Waals surface area contributed by atoms with E-state index < -0.39 is 0 Å². The lowest BCUT2D eigenvalue weighted by Crippen LogP contribution is -2.28. The van der Waals surface area contributed by atoms with Gasteiger partial charge in [0, 0.05) is 32.0 Å². The van der Waals surface area contributed by atoms with Gasteiger partial charge in [0.2, 0.25) is 5.65 Å². The molecule has 1 saturated heterocycles. The third-order valence-electron chi connectivity index (χ3n) is 4.42. The summed E-state index contributed by atoms with van der Waals surface area (Å²) >= 11 is 1.56. The highest BCUT2D eigenvalue weighted by Gasteiger charge is 2.23. The summed E-state index contributed by atoms with van der Waals surface area (Å²) in [5.41, 5.74) is 1.17. The standard InChI is InChI=1S/C18H18N4O2S/c1-2-7-22-14(15-6-5-10-25-15)12-21-11-13(19-16(21)18(22)24)17(23)20-8-3-4-9-20/h2,5-6,10-12H,1,3-4,7-9H2. The van der Waals surface area contributed by atoms with Crippen molar-refractivity contribution in [2.75, 3.05) is 13.1 Å². The van der Waals surface area contributed by atoms with Gasteiger partial charge in [-0.3, -0.25) is 18.6 Å². The molecule has 0 bridgehead atoms. The number of amides is 1. The number of aromatic nitrogens is 3. The molecule has 4 heterocycles. The first-order valence-electron chi connectivity index (χ1n) is 8.25. The van der Waals surface area contributed by atoms with Crippen LogP contribution in [0.1, 0.15) is 23.3 Å². The highest BCUT2D eigenvalue weighted by molar-refractivity contribution is 7.13. The lowest BCUT2D eigenvalue weighted by molar-refractivity contribution is 0.0787. The van der Waals surface area contributed by atoms with E-state index in [1.807, 2.05) is 23.7 Å². The molecule has 128 valence electrons. The molecule has 1 fully saturated rings. The second kappa shape index (κ2) is 6.33. The zero-order valence-electron chi connectivity index (χ0n) is 13.7. The number of likely N-dealkylation sites (tertiary alicyclic amines) is 1. The second-order valence-corrected chi connectivity index (χ2v) is 7.00. The molecule has 6 nitrogen and oxygen atoms in total. The summed E-state index contributed by atoms with van der Waals surface area (Å²) in [5.74, 6) is -0.103. The highest BCUT2D eigenvalue weighted by atomic mass is 32.1. The third-order valence-corrected chi connectivity index (χ3v) is 5.31. The Labute approximate surface area is 148 Å². The van der Waals surface area contributed by atoms with Gasteiger partial charge in [0.15, 0.2) is 0 Å². The molecule has 0 aliphatic carbocycles. The average Bonchev–Trinajstić information content (AvgIpc) is 3.37. The zero-order chi connectivity index (χ0) is 17.4. The Kier molecular flexibility index (Phi) is 4.01. The van der Waals surface area contributed by atoms with Gasteiger partial charge in [-0.15, -0.1) is 17.9 Å². The summed E-state index contributed by atoms with van der Waals surface area (Å²) in [6.07, 6.45) is 7.25. The Bertz CT molecular complexity index is 994. The maximum atomic E-state index is 12.9. The van der Waals surface area contributed by atoms with E-state index in [4.69, 9.17) is 0 Å². The van der Waals surface area contributed by atoms with Crippen molar-refractivity contribution in [3.05, 3.63) is 58.6 Å². The van der Waals surface area contributed by atoms with Crippen LogP contribution in [0.5, 0.6) is 0 Å². The minimum Gasteiger partial charge on any atom is -0.337 e. The number of carbonyl (C=O) groups excluding carboxylic acids is 1. The van der Waals surface area contributed by atoms with Gasteiger partial charge in [0.05, 0.1) is 10.6 Å². The molecule has 4 rings (SSSR count). The first-order chi connectivity index (χ1) is 12.2. The maximum absolute atomic E-state index is 12.9. The van der Waals surface area contributed by atoms with Crippen molar-refractivity contribution in [1.82, 2.24) is 18.9 Å². The number of rotatable bonds is 4. The normalized spacial score (nSPS) is 14.3. The molecule has 0 radical (unpaired) electrons. The number of thiophene rings is 1. The van der Waals surface area contributed by atoms with Crippen LogP contribution in [0.4, 0.5) is 0 Å². The van der Waals surface area contributed by atoms with E-state index in [0.717, 1.165) is 36.5 Å². The third kappa shape index (κ3) is 2.70. The van der Waals surface area contributed by atoms with E-state index in [0.29, 0.717) is 12.2 Å². The number of hydrogen-bond donors (Lipinski definition) is 0. The molecule has 0 N–H and O–H groups in total. The van der Waals surface area contributed by atoms with E-state index in [1.54, 1.807) is 37.5 Å². The van der Waals surface area contributed by atoms with Crippen molar-refractivity contribution in [2.24, 2.45) is 0 Å². The van der Waals surface area contributed by atoms with Gasteiger partial charge in [-0.25, -0.2) is 4.98 Å². The lowest BCUT2D eigenvalue weighted by atomic mass is 10.3. The van der Waals surface area contributed by atoms with Gasteiger partial charge in [-0.1, -0.05) is 12.1 Å². The largest absolute Gasteiger partial charge is 0.337 e. The van der Waals surface area contributed by atoms with Crippen LogP contribution < -0.4 is 5.56 Å². The molecule has 3 aromatic heterocycles. The first-order valence-corrected chi connectivity index (χ1v) is 9.13. The summed E-state index contributed by atoms with van der Waals surface area (Å²) in [7, 11) is 0. The second-order valence-electron chi connectivity index (χ2n) is 6.05. The maximum Gasteiger partial charge on any atom is 0.295 e. The number of hydrogen-bond acceptors (Lipinski definition) is 4. The minimum atomic E-state index is -0.216. The lowest BCUT2D eigenvalue weighted by Gasteiger charge is -2.12. The van der Waals surface area contributed by atoms with Gasteiger partial charge in [-0.2, -0.15) is 0 Å². The Balaban J connectivity index is 1.87. The molecule has 0 aromatic carbocycles. The van der Waals surface area contributed by atoms with Gasteiger partial charge in [0.1, 0.15) is 5.69 Å². The SMILES string of the molecule is C=CCn1c(-c2cccs2)cn2cc(C(=O)N3CCCC3)nc2c1=O. The van der Waals surface area contributed by atoms with Gasteiger partial charge >= 0.3 is 0 Å². The van der Waals surface area contributed by atoms with Gasteiger partial charge < -0.3 is 4.90 Å². The Morgan fingerprint density at radius 1 is 1.32 bits per heavy atom. The summed E-state index contributed by atoms with van der Waals surface area (Å²) in [5, 5.41) is 1.97. The zero-order valence-corrected chi connectivity index (χ0v) is 14.5. The van der Waals surface area contributed by atoms with E-state index in [1.165, 1.54) is 0 Å². The van der Waals surface area contributed by atoms with E-state index in [-0.39, 0.29) is 17.1 Å². The van der Waals surface area contributed by atoms with Crippen LogP contribution in [0.2, 0.25) is 0 Å². The van der Waals surface area contributed by atoms with Crippen LogP contribution in [0.25, 0.3) is 16.2 Å². The summed E-state index contributed by atoms with van der Waals surface area (Å²) in [6.45, 7) is 5.65. The summed E-state index contributed by atoms with van der Waals surface area (Å²) in [4.78, 5) is 32.6. The summed E-state index contributed by atoms with van der Waals surface area (Å²) in [6, 6.07) is 3.92. The topological polar surface area (TPSA) is 59.6 Å². The molecule has 7 heteroatoms. The van der Waals surface area contributed by atoms with Crippen LogP contribution in [0.15, 0.2) is 47.4 Å². The van der Waals surface area contributed by atoms with Gasteiger partial charge in [-0.05, 0) is 24.3 Å². The molecular weight excluding hydrogens is 336 g/mol. The van der Waals surface area contributed by atoms with Crippen LogP contribution in [-0.2, 0) is 6.54 Å². The fourth-order valence-electron chi connectivity index (χ4n) is 3.20. The highest BCUT2D eigenvalue weighted by Crippen LogP contribution is 2.24. The van der Waals surface area contributed by atoms with Crippen molar-refractivity contribution in [1.29, 1.82) is 0 Å². The molecule has 0 saturated carbocycles. The fraction of sp³-hybridized carbons (Fsp3) is 0.278. The molecule has 1 aliphatic rings. The first kappa shape index (κ1) is 15.8. The predicted molar refractivity (Wildman–Crippen MR) is 98.1 cm³/mol. The van der Waals surface area contributed by atoms with Crippen LogP contribution in [0.3, 0.4) is 0 Å². The quantitative estimate of drug-likeness (QED) is 0.677. The number of fused-ring (bicyclic) bond motifs is 1. The monoisotopic (exact) mass is 354 g/mol. The fourth-order valence-corrected chi connectivity index (χ4v) is 3.94. The molecule has 0 atom stereocenters. The average molecular weight is 354 g/mol. The molecule has 25 heavy (non-hydrogen) atoms. The van der Waals surface area contributed by atoms with Crippen molar-refractivity contribution in [3.8, 4) is 10.6 Å². The van der Waals surface area contributed by atoms with Crippen LogP contribution >= 0.6 is 11.3 Å². The molecule has 1 aliphatic heterocycles. The van der Waals surface area contributed by atoms with E-state index >= 15 is 0 Å². The Morgan fingerprint density at radius 2 is 2.12 bits per heavy atom.